The molecule has 4 nitrogen and oxygen atoms in total. The molecule has 0 aliphatic heterocycles. The van der Waals surface area contributed by atoms with Gasteiger partial charge in [0.25, 0.3) is 5.91 Å². The van der Waals surface area contributed by atoms with Gasteiger partial charge < -0.3 is 15.2 Å². The summed E-state index contributed by atoms with van der Waals surface area (Å²) in [6.07, 6.45) is 0. The summed E-state index contributed by atoms with van der Waals surface area (Å²) < 4.78 is 5.53. The molecule has 2 N–H and O–H groups in total. The Hall–Kier alpha value is -2.49. The van der Waals surface area contributed by atoms with Crippen molar-refractivity contribution in [1.82, 2.24) is 5.32 Å². The van der Waals surface area contributed by atoms with Gasteiger partial charge in [0.2, 0.25) is 0 Å². The molecule has 0 saturated carbocycles. The van der Waals surface area contributed by atoms with Crippen LogP contribution in [0.25, 0.3) is 0 Å². The zero-order chi connectivity index (χ0) is 14.4. The highest BCUT2D eigenvalue weighted by Crippen LogP contribution is 2.15. The number of rotatable bonds is 5. The minimum Gasteiger partial charge on any atom is -0.507 e. The van der Waals surface area contributed by atoms with Crippen LogP contribution in [0.3, 0.4) is 0 Å². The quantitative estimate of drug-likeness (QED) is 0.821. The van der Waals surface area contributed by atoms with Gasteiger partial charge in [0.1, 0.15) is 18.1 Å². The number of aryl methyl sites for hydroxylation is 1. The number of hydrogen-bond donors (Lipinski definition) is 2. The average molecular weight is 271 g/mol. The Balaban J connectivity index is 1.79. The highest BCUT2D eigenvalue weighted by atomic mass is 16.5. The van der Waals surface area contributed by atoms with Crippen LogP contribution in [0.1, 0.15) is 15.9 Å². The summed E-state index contributed by atoms with van der Waals surface area (Å²) in [5.41, 5.74) is 1.39. The molecule has 2 aromatic rings. The summed E-state index contributed by atoms with van der Waals surface area (Å²) in [5.74, 6) is 0.447. The number of carbonyl (C=O) groups excluding carboxylic acids is 1. The molecule has 4 heteroatoms. The molecule has 0 saturated heterocycles. The molecule has 0 aromatic heterocycles. The molecule has 0 atom stereocenters. The maximum absolute atomic E-state index is 11.8. The number of phenols is 1. The first-order chi connectivity index (χ1) is 9.66. The lowest BCUT2D eigenvalue weighted by Crippen LogP contribution is -2.28. The van der Waals surface area contributed by atoms with E-state index in [-0.39, 0.29) is 17.2 Å². The third kappa shape index (κ3) is 3.75. The molecule has 0 aliphatic rings. The number of ether oxygens (including phenoxy) is 1. The Morgan fingerprint density at radius 1 is 1.20 bits per heavy atom. The van der Waals surface area contributed by atoms with E-state index in [9.17, 15) is 9.90 Å². The van der Waals surface area contributed by atoms with Crippen molar-refractivity contribution in [2.45, 2.75) is 6.92 Å². The number of para-hydroxylation sites is 1. The zero-order valence-corrected chi connectivity index (χ0v) is 11.3. The number of hydrogen-bond acceptors (Lipinski definition) is 3. The standard InChI is InChI=1S/C16H17NO3/c1-12-5-4-6-13(11-12)20-10-9-17-16(19)14-7-2-3-8-15(14)18/h2-8,11,18H,9-10H2,1H3,(H,17,19). The topological polar surface area (TPSA) is 58.6 Å². The van der Waals surface area contributed by atoms with Gasteiger partial charge in [0.05, 0.1) is 12.1 Å². The summed E-state index contributed by atoms with van der Waals surface area (Å²) >= 11 is 0. The van der Waals surface area contributed by atoms with Gasteiger partial charge in [-0.3, -0.25) is 4.79 Å². The first-order valence-corrected chi connectivity index (χ1v) is 6.42. The molecule has 0 radical (unpaired) electrons. The Labute approximate surface area is 118 Å². The van der Waals surface area contributed by atoms with Crippen LogP contribution in [0.15, 0.2) is 48.5 Å². The van der Waals surface area contributed by atoms with Gasteiger partial charge in [0, 0.05) is 0 Å². The van der Waals surface area contributed by atoms with Gasteiger partial charge in [-0.15, -0.1) is 0 Å². The number of nitrogens with one attached hydrogen (secondary N) is 1. The first kappa shape index (κ1) is 13.9. The van der Waals surface area contributed by atoms with Crippen molar-refractivity contribution in [3.63, 3.8) is 0 Å². The van der Waals surface area contributed by atoms with Crippen LogP contribution in [0, 0.1) is 6.92 Å². The summed E-state index contributed by atoms with van der Waals surface area (Å²) in [6.45, 7) is 2.75. The molecular formula is C16H17NO3. The van der Waals surface area contributed by atoms with Crippen molar-refractivity contribution in [2.75, 3.05) is 13.2 Å². The number of amides is 1. The van der Waals surface area contributed by atoms with E-state index in [0.29, 0.717) is 13.2 Å². The Morgan fingerprint density at radius 2 is 2.00 bits per heavy atom. The van der Waals surface area contributed by atoms with E-state index in [0.717, 1.165) is 11.3 Å². The predicted octanol–water partition coefficient (Wildman–Crippen LogP) is 2.51. The molecular weight excluding hydrogens is 254 g/mol. The van der Waals surface area contributed by atoms with E-state index < -0.39 is 0 Å². The van der Waals surface area contributed by atoms with Gasteiger partial charge >= 0.3 is 0 Å². The Kier molecular flexibility index (Phi) is 4.60. The fourth-order valence-electron chi connectivity index (χ4n) is 1.80. The van der Waals surface area contributed by atoms with Crippen molar-refractivity contribution in [3.8, 4) is 11.5 Å². The Bertz CT molecular complexity index is 596. The van der Waals surface area contributed by atoms with Crippen LogP contribution >= 0.6 is 0 Å². The van der Waals surface area contributed by atoms with Crippen LogP contribution in [0.4, 0.5) is 0 Å². The maximum Gasteiger partial charge on any atom is 0.255 e. The molecule has 20 heavy (non-hydrogen) atoms. The number of phenolic OH excluding ortho intramolecular Hbond substituents is 1. The summed E-state index contributed by atoms with van der Waals surface area (Å²) in [6, 6.07) is 14.2. The van der Waals surface area contributed by atoms with Crippen molar-refractivity contribution in [1.29, 1.82) is 0 Å². The molecule has 0 spiro atoms. The average Bonchev–Trinajstić information content (AvgIpc) is 2.44. The van der Waals surface area contributed by atoms with Gasteiger partial charge in [0.15, 0.2) is 0 Å². The van der Waals surface area contributed by atoms with Gasteiger partial charge in [-0.05, 0) is 36.8 Å². The third-order valence-corrected chi connectivity index (χ3v) is 2.79. The van der Waals surface area contributed by atoms with E-state index in [2.05, 4.69) is 5.32 Å². The number of carbonyl (C=O) groups is 1. The first-order valence-electron chi connectivity index (χ1n) is 6.42. The van der Waals surface area contributed by atoms with Crippen molar-refractivity contribution in [2.24, 2.45) is 0 Å². The van der Waals surface area contributed by atoms with Gasteiger partial charge in [-0.25, -0.2) is 0 Å². The monoisotopic (exact) mass is 271 g/mol. The second-order valence-electron chi connectivity index (χ2n) is 4.44. The number of benzene rings is 2. The molecule has 2 rings (SSSR count). The normalized spacial score (nSPS) is 10.1. The zero-order valence-electron chi connectivity index (χ0n) is 11.3. The van der Waals surface area contributed by atoms with Crippen LogP contribution in [0.2, 0.25) is 0 Å². The molecule has 0 bridgehead atoms. The van der Waals surface area contributed by atoms with Crippen molar-refractivity contribution in [3.05, 3.63) is 59.7 Å². The second kappa shape index (κ2) is 6.61. The smallest absolute Gasteiger partial charge is 0.255 e. The summed E-state index contributed by atoms with van der Waals surface area (Å²) in [7, 11) is 0. The predicted molar refractivity (Wildman–Crippen MR) is 77.1 cm³/mol. The van der Waals surface area contributed by atoms with E-state index in [1.54, 1.807) is 18.2 Å². The highest BCUT2D eigenvalue weighted by molar-refractivity contribution is 5.96. The molecule has 104 valence electrons. The lowest BCUT2D eigenvalue weighted by Gasteiger charge is -2.09. The minimum atomic E-state index is -0.309. The fraction of sp³-hybridized carbons (Fsp3) is 0.188. The molecule has 2 aromatic carbocycles. The van der Waals surface area contributed by atoms with Crippen molar-refractivity contribution < 1.29 is 14.6 Å². The lowest BCUT2D eigenvalue weighted by molar-refractivity contribution is 0.0944. The molecule has 0 heterocycles. The molecule has 0 aliphatic carbocycles. The van der Waals surface area contributed by atoms with Crippen LogP contribution in [0.5, 0.6) is 11.5 Å². The van der Waals surface area contributed by atoms with E-state index >= 15 is 0 Å². The second-order valence-corrected chi connectivity index (χ2v) is 4.44. The van der Waals surface area contributed by atoms with E-state index in [1.807, 2.05) is 31.2 Å². The number of aromatic hydroxyl groups is 1. The summed E-state index contributed by atoms with van der Waals surface area (Å²) in [4.78, 5) is 11.8. The van der Waals surface area contributed by atoms with Gasteiger partial charge in [-0.2, -0.15) is 0 Å². The van der Waals surface area contributed by atoms with Crippen LogP contribution in [-0.4, -0.2) is 24.2 Å². The summed E-state index contributed by atoms with van der Waals surface area (Å²) in [5, 5.41) is 12.3. The molecule has 0 unspecified atom stereocenters. The highest BCUT2D eigenvalue weighted by Gasteiger charge is 2.08. The van der Waals surface area contributed by atoms with Gasteiger partial charge in [-0.1, -0.05) is 24.3 Å². The third-order valence-electron chi connectivity index (χ3n) is 2.79. The van der Waals surface area contributed by atoms with Crippen molar-refractivity contribution >= 4 is 5.91 Å². The SMILES string of the molecule is Cc1cccc(OCCNC(=O)c2ccccc2O)c1. The van der Waals surface area contributed by atoms with E-state index in [4.69, 9.17) is 4.74 Å². The Morgan fingerprint density at radius 3 is 2.75 bits per heavy atom. The van der Waals surface area contributed by atoms with E-state index in [1.165, 1.54) is 6.07 Å². The van der Waals surface area contributed by atoms with Crippen LogP contribution in [-0.2, 0) is 0 Å². The minimum absolute atomic E-state index is 0.0235. The fourth-order valence-corrected chi connectivity index (χ4v) is 1.80. The molecule has 1 amide bonds. The molecule has 0 fully saturated rings. The van der Waals surface area contributed by atoms with Crippen LogP contribution < -0.4 is 10.1 Å². The maximum atomic E-state index is 11.8. The lowest BCUT2D eigenvalue weighted by atomic mass is 10.2. The largest absolute Gasteiger partial charge is 0.507 e.